The summed E-state index contributed by atoms with van der Waals surface area (Å²) in [5.74, 6) is -0.939. The number of methoxy groups -OCH3 is 1. The molecule has 2 N–H and O–H groups in total. The number of benzene rings is 4. The number of hydrogen-bond donors (Lipinski definition) is 3. The number of nitrogens with one attached hydrogen (secondary N) is 1. The first kappa shape index (κ1) is 46.0. The molecule has 1 aliphatic heterocycles. The molecule has 1 aliphatic carbocycles. The van der Waals surface area contributed by atoms with Crippen LogP contribution in [0, 0.1) is 0 Å². The molecule has 4 aromatic carbocycles. The van der Waals surface area contributed by atoms with E-state index in [4.69, 9.17) is 9.90 Å². The number of amides is 1. The van der Waals surface area contributed by atoms with Gasteiger partial charge in [-0.3, -0.25) is 9.59 Å². The number of thiol groups is 1. The predicted octanol–water partition coefficient (Wildman–Crippen LogP) is 10.3. The van der Waals surface area contributed by atoms with Crippen LogP contribution in [-0.2, 0) is 26.9 Å². The Morgan fingerprint density at radius 3 is 2.05 bits per heavy atom. The average Bonchev–Trinajstić information content (AvgIpc) is 3.45. The number of carboxylic acids is 1. The molecule has 2 aliphatic rings. The molecule has 0 spiro atoms. The minimum absolute atomic E-state index is 0.212. The van der Waals surface area contributed by atoms with Gasteiger partial charge < -0.3 is 20.1 Å². The molecular weight excluding hydrogens is 750 g/mol. The zero-order valence-electron chi connectivity index (χ0n) is 32.5. The van der Waals surface area contributed by atoms with Crippen molar-refractivity contribution in [1.29, 1.82) is 0 Å². The van der Waals surface area contributed by atoms with E-state index in [0.29, 0.717) is 17.4 Å². The summed E-state index contributed by atoms with van der Waals surface area (Å²) < 4.78 is 41.2. The Kier molecular flexibility index (Phi) is 19.6. The fourth-order valence-electron chi connectivity index (χ4n) is 6.03. The van der Waals surface area contributed by atoms with Crippen molar-refractivity contribution in [2.24, 2.45) is 0 Å². The van der Waals surface area contributed by atoms with Gasteiger partial charge in [-0.1, -0.05) is 115 Å². The van der Waals surface area contributed by atoms with E-state index in [0.717, 1.165) is 61.2 Å². The molecule has 6 rings (SSSR count). The fourth-order valence-corrected chi connectivity index (χ4v) is 6.29. The molecule has 1 saturated heterocycles. The molecule has 11 heteroatoms. The van der Waals surface area contributed by atoms with Crippen LogP contribution in [0.15, 0.2) is 138 Å². The van der Waals surface area contributed by atoms with Crippen molar-refractivity contribution in [3.05, 3.63) is 155 Å². The lowest BCUT2D eigenvalue weighted by atomic mass is 10.00. The average molecular weight is 801 g/mol. The van der Waals surface area contributed by atoms with Crippen LogP contribution in [0.5, 0.6) is 0 Å². The summed E-state index contributed by atoms with van der Waals surface area (Å²) >= 11 is 3.96. The fraction of sp³-hybridized carbons (Fsp3) is 0.283. The summed E-state index contributed by atoms with van der Waals surface area (Å²) in [7, 11) is 1.31. The minimum atomic E-state index is -4.27. The van der Waals surface area contributed by atoms with E-state index < -0.39 is 17.7 Å². The maximum absolute atomic E-state index is 12.4. The molecule has 1 unspecified atom stereocenters. The number of halogens is 3. The molecule has 1 fully saturated rings. The van der Waals surface area contributed by atoms with Gasteiger partial charge in [-0.15, -0.1) is 12.6 Å². The Hall–Kier alpha value is -5.39. The summed E-state index contributed by atoms with van der Waals surface area (Å²) in [5, 5.41) is 12.0. The van der Waals surface area contributed by atoms with Gasteiger partial charge in [0.05, 0.1) is 18.2 Å². The Morgan fingerprint density at radius 1 is 0.895 bits per heavy atom. The van der Waals surface area contributed by atoms with E-state index >= 15 is 0 Å². The largest absolute Gasteiger partial charge is 0.478 e. The summed E-state index contributed by atoms with van der Waals surface area (Å²) in [6.45, 7) is 6.40. The van der Waals surface area contributed by atoms with E-state index in [1.165, 1.54) is 61.3 Å². The molecule has 7 nitrogen and oxygen atoms in total. The lowest BCUT2D eigenvalue weighted by Gasteiger charge is -2.32. The van der Waals surface area contributed by atoms with Gasteiger partial charge in [0.2, 0.25) is 6.41 Å². The minimum Gasteiger partial charge on any atom is -0.478 e. The smallest absolute Gasteiger partial charge is 0.416 e. The van der Waals surface area contributed by atoms with Crippen LogP contribution in [0.3, 0.4) is 0 Å². The molecule has 4 aromatic rings. The number of aromatic carboxylic acids is 1. The highest BCUT2D eigenvalue weighted by Gasteiger charge is 2.30. The number of ether oxygens (including phenoxy) is 1. The molecule has 1 heterocycles. The first-order valence-electron chi connectivity index (χ1n) is 18.6. The molecule has 0 radical (unpaired) electrons. The van der Waals surface area contributed by atoms with Crippen molar-refractivity contribution in [2.45, 2.75) is 69.1 Å². The first-order chi connectivity index (χ1) is 27.4. The highest BCUT2D eigenvalue weighted by atomic mass is 32.1. The summed E-state index contributed by atoms with van der Waals surface area (Å²) in [5.41, 5.74) is 6.29. The summed E-state index contributed by atoms with van der Waals surface area (Å²) in [6.07, 6.45) is 10.1. The normalized spacial score (nSPS) is 15.2. The standard InChI is InChI=1S/C22H28N2O.C15H13F3.C7H6O2S.C2H4O2/c1-18(24(17-25)16-22-9-5-6-14-23-22)15-19-10-12-21(13-11-19)20-7-3-2-4-8-20;1-11-3-2-4-12(6-5-11)13-7-9-14(10-8-13)15(16,17)18;8-7(9)5-3-1-2-4-6(5)10;1-4-2-3/h2-4,7-8,10-13,17-18,22-23H,5-6,9,14-16H2,1H3;3-10H,2H2,1H3;1-4,10H,(H,8,9);2H,1H3/t18-,22?;;;/m1.../s1. The number of piperidine rings is 1. The summed E-state index contributed by atoms with van der Waals surface area (Å²) in [6, 6.07) is 31.6. The third-order valence-electron chi connectivity index (χ3n) is 9.22. The van der Waals surface area contributed by atoms with Gasteiger partial charge >= 0.3 is 12.1 Å². The van der Waals surface area contributed by atoms with Crippen LogP contribution in [0.25, 0.3) is 16.7 Å². The Bertz CT molecular complexity index is 1920. The van der Waals surface area contributed by atoms with Gasteiger partial charge in [-0.25, -0.2) is 4.79 Å². The second-order valence-electron chi connectivity index (χ2n) is 13.5. The van der Waals surface area contributed by atoms with Gasteiger partial charge in [0.1, 0.15) is 0 Å². The lowest BCUT2D eigenvalue weighted by Crippen LogP contribution is -2.46. The molecule has 0 saturated carbocycles. The van der Waals surface area contributed by atoms with Gasteiger partial charge in [0, 0.05) is 23.5 Å². The van der Waals surface area contributed by atoms with Crippen molar-refractivity contribution >= 4 is 37.1 Å². The number of carboxylic acid groups (broad SMARTS) is 1. The third-order valence-corrected chi connectivity index (χ3v) is 9.61. The quantitative estimate of drug-likeness (QED) is 0.109. The van der Waals surface area contributed by atoms with Gasteiger partial charge in [0.25, 0.3) is 6.47 Å². The number of carbonyl (C=O) groups excluding carboxylic acids is 2. The first-order valence-corrected chi connectivity index (χ1v) is 19.1. The molecule has 302 valence electrons. The van der Waals surface area contributed by atoms with Gasteiger partial charge in [-0.05, 0) is 98.2 Å². The SMILES string of the molecule is CC1=CCC=C(c2ccc(C(F)(F)F)cc2)C=C1.COC=O.C[C@H](Cc1ccc(-c2ccccc2)cc1)N(C=O)CC1CCCCN1.O=C(O)c1ccccc1S. The number of alkyl halides is 3. The zero-order chi connectivity index (χ0) is 41.6. The third kappa shape index (κ3) is 16.3. The van der Waals surface area contributed by atoms with Crippen LogP contribution >= 0.6 is 12.6 Å². The van der Waals surface area contributed by atoms with Crippen molar-refractivity contribution < 1.29 is 37.4 Å². The highest BCUT2D eigenvalue weighted by Crippen LogP contribution is 2.31. The van der Waals surface area contributed by atoms with E-state index in [1.54, 1.807) is 18.2 Å². The van der Waals surface area contributed by atoms with Gasteiger partial charge in [0.15, 0.2) is 0 Å². The maximum atomic E-state index is 12.4. The van der Waals surface area contributed by atoms with Crippen LogP contribution in [-0.4, -0.2) is 61.1 Å². The number of carbonyl (C=O) groups is 3. The number of nitrogens with zero attached hydrogens (tertiary/aromatic N) is 1. The summed E-state index contributed by atoms with van der Waals surface area (Å²) in [4.78, 5) is 33.3. The Balaban J connectivity index is 0.000000236. The predicted molar refractivity (Wildman–Crippen MR) is 224 cm³/mol. The molecule has 57 heavy (non-hydrogen) atoms. The molecular formula is C46H51F3N2O5S. The number of rotatable bonds is 10. The second kappa shape index (κ2) is 24.3. The Morgan fingerprint density at radius 2 is 1.51 bits per heavy atom. The monoisotopic (exact) mass is 800 g/mol. The van der Waals surface area contributed by atoms with Crippen molar-refractivity contribution in [3.63, 3.8) is 0 Å². The van der Waals surface area contributed by atoms with E-state index in [-0.39, 0.29) is 11.6 Å². The van der Waals surface area contributed by atoms with Crippen molar-refractivity contribution in [1.82, 2.24) is 10.2 Å². The van der Waals surface area contributed by atoms with Crippen LogP contribution in [0.4, 0.5) is 13.2 Å². The van der Waals surface area contributed by atoms with Crippen LogP contribution in [0.2, 0.25) is 0 Å². The molecule has 2 atom stereocenters. The van der Waals surface area contributed by atoms with Crippen LogP contribution in [0.1, 0.15) is 66.6 Å². The molecule has 0 aromatic heterocycles. The molecule has 0 bridgehead atoms. The highest BCUT2D eigenvalue weighted by molar-refractivity contribution is 7.80. The second-order valence-corrected chi connectivity index (χ2v) is 14.0. The lowest BCUT2D eigenvalue weighted by molar-refractivity contribution is -0.137. The van der Waals surface area contributed by atoms with Crippen molar-refractivity contribution in [2.75, 3.05) is 20.2 Å². The number of allylic oxidation sites excluding steroid dienone is 6. The van der Waals surface area contributed by atoms with Crippen molar-refractivity contribution in [3.8, 4) is 11.1 Å². The topological polar surface area (TPSA) is 95.9 Å². The number of hydrogen-bond acceptors (Lipinski definition) is 6. The molecule has 1 amide bonds. The van der Waals surface area contributed by atoms with Crippen LogP contribution < -0.4 is 5.32 Å². The maximum Gasteiger partial charge on any atom is 0.416 e. The van der Waals surface area contributed by atoms with E-state index in [1.807, 2.05) is 36.1 Å². The Labute approximate surface area is 339 Å². The van der Waals surface area contributed by atoms with E-state index in [9.17, 15) is 22.8 Å². The van der Waals surface area contributed by atoms with Gasteiger partial charge in [-0.2, -0.15) is 13.2 Å². The van der Waals surface area contributed by atoms with E-state index in [2.05, 4.69) is 84.2 Å². The zero-order valence-corrected chi connectivity index (χ0v) is 33.4.